The standard InChI is InChI=1S/C27H55N7O3/c1-24(2,3)19-26(7,8)33-22-30-21(29-12-14-36-16-18-37-17-15-35-13-11-28)31-23(32-22)34-27(9,10)20-25(4,5)6/h11-20,28H2,1-10H3,(H3,29,30,31,32,33,34). The number of nitrogens with two attached hydrogens (primary N) is 1. The Morgan fingerprint density at radius 3 is 1.35 bits per heavy atom. The Kier molecular flexibility index (Phi) is 13.5. The fourth-order valence-corrected chi connectivity index (χ4v) is 4.77. The van der Waals surface area contributed by atoms with Gasteiger partial charge in [-0.05, 0) is 51.4 Å². The molecule has 0 spiro atoms. The van der Waals surface area contributed by atoms with Gasteiger partial charge in [0, 0.05) is 24.2 Å². The number of hydrogen-bond acceptors (Lipinski definition) is 10. The van der Waals surface area contributed by atoms with Crippen LogP contribution in [0.3, 0.4) is 0 Å². The summed E-state index contributed by atoms with van der Waals surface area (Å²) in [5.41, 5.74) is 5.34. The van der Waals surface area contributed by atoms with Crippen molar-refractivity contribution in [3.8, 4) is 0 Å². The smallest absolute Gasteiger partial charge is 0.229 e. The first-order valence-corrected chi connectivity index (χ1v) is 13.5. The SMILES string of the molecule is CC(C)(C)CC(C)(C)Nc1nc(NCCOCCOCCOCCN)nc(NC(C)(C)CC(C)(C)C)n1. The van der Waals surface area contributed by atoms with Crippen molar-refractivity contribution in [1.82, 2.24) is 15.0 Å². The molecule has 0 bridgehead atoms. The van der Waals surface area contributed by atoms with Crippen LogP contribution in [0.5, 0.6) is 0 Å². The molecule has 0 aliphatic carbocycles. The number of nitrogens with one attached hydrogen (secondary N) is 3. The van der Waals surface area contributed by atoms with Gasteiger partial charge in [-0.1, -0.05) is 41.5 Å². The van der Waals surface area contributed by atoms with Gasteiger partial charge >= 0.3 is 0 Å². The molecule has 0 amide bonds. The summed E-state index contributed by atoms with van der Waals surface area (Å²) >= 11 is 0. The van der Waals surface area contributed by atoms with Crippen LogP contribution in [0.2, 0.25) is 0 Å². The Morgan fingerprint density at radius 1 is 0.568 bits per heavy atom. The van der Waals surface area contributed by atoms with Gasteiger partial charge in [-0.3, -0.25) is 0 Å². The normalized spacial score (nSPS) is 13.1. The number of anilines is 3. The highest BCUT2D eigenvalue weighted by Crippen LogP contribution is 2.31. The van der Waals surface area contributed by atoms with Crippen LogP contribution in [0.25, 0.3) is 0 Å². The van der Waals surface area contributed by atoms with E-state index in [-0.39, 0.29) is 21.9 Å². The van der Waals surface area contributed by atoms with Gasteiger partial charge in [0.2, 0.25) is 17.8 Å². The molecule has 0 aromatic carbocycles. The summed E-state index contributed by atoms with van der Waals surface area (Å²) in [4.78, 5) is 14.0. The Bertz CT molecular complexity index is 726. The van der Waals surface area contributed by atoms with Crippen LogP contribution in [0, 0.1) is 10.8 Å². The summed E-state index contributed by atoms with van der Waals surface area (Å²) in [6.45, 7) is 26.4. The molecule has 1 aromatic rings. The van der Waals surface area contributed by atoms with Gasteiger partial charge in [0.1, 0.15) is 0 Å². The number of ether oxygens (including phenoxy) is 3. The quantitative estimate of drug-likeness (QED) is 0.203. The molecule has 0 atom stereocenters. The molecule has 0 aliphatic heterocycles. The largest absolute Gasteiger partial charge is 0.378 e. The second-order valence-electron chi connectivity index (χ2n) is 13.4. The van der Waals surface area contributed by atoms with Crippen molar-refractivity contribution in [2.24, 2.45) is 16.6 Å². The Balaban J connectivity index is 2.76. The molecule has 37 heavy (non-hydrogen) atoms. The van der Waals surface area contributed by atoms with E-state index in [0.717, 1.165) is 12.8 Å². The zero-order valence-electron chi connectivity index (χ0n) is 25.2. The van der Waals surface area contributed by atoms with Crippen molar-refractivity contribution in [3.05, 3.63) is 0 Å². The van der Waals surface area contributed by atoms with E-state index < -0.39 is 0 Å². The zero-order valence-corrected chi connectivity index (χ0v) is 25.2. The summed E-state index contributed by atoms with van der Waals surface area (Å²) in [6.07, 6.45) is 1.92. The molecule has 10 nitrogen and oxygen atoms in total. The molecule has 1 heterocycles. The lowest BCUT2D eigenvalue weighted by Gasteiger charge is -2.34. The molecule has 0 aliphatic rings. The van der Waals surface area contributed by atoms with Crippen molar-refractivity contribution >= 4 is 17.8 Å². The first-order chi connectivity index (χ1) is 17.0. The zero-order chi connectivity index (χ0) is 28.2. The molecular weight excluding hydrogens is 470 g/mol. The van der Waals surface area contributed by atoms with E-state index >= 15 is 0 Å². The maximum Gasteiger partial charge on any atom is 0.229 e. The van der Waals surface area contributed by atoms with E-state index in [2.05, 4.69) is 95.2 Å². The van der Waals surface area contributed by atoms with E-state index in [1.807, 2.05) is 0 Å². The van der Waals surface area contributed by atoms with Crippen molar-refractivity contribution in [1.29, 1.82) is 0 Å². The highest BCUT2D eigenvalue weighted by atomic mass is 16.5. The summed E-state index contributed by atoms with van der Waals surface area (Å²) in [6, 6.07) is 0. The van der Waals surface area contributed by atoms with Crippen molar-refractivity contribution in [2.45, 2.75) is 93.2 Å². The number of nitrogens with zero attached hydrogens (tertiary/aromatic N) is 3. The minimum absolute atomic E-state index is 0.166. The van der Waals surface area contributed by atoms with Crippen LogP contribution < -0.4 is 21.7 Å². The third-order valence-electron chi connectivity index (χ3n) is 5.02. The highest BCUT2D eigenvalue weighted by molar-refractivity contribution is 5.44. The third kappa shape index (κ3) is 17.4. The Labute approximate surface area is 225 Å². The molecule has 0 unspecified atom stereocenters. The van der Waals surface area contributed by atoms with Crippen LogP contribution in [-0.4, -0.2) is 78.8 Å². The highest BCUT2D eigenvalue weighted by Gasteiger charge is 2.28. The number of hydrogen-bond donors (Lipinski definition) is 4. The predicted octanol–water partition coefficient (Wildman–Crippen LogP) is 4.55. The average Bonchev–Trinajstić information content (AvgIpc) is 2.67. The lowest BCUT2D eigenvalue weighted by Crippen LogP contribution is -2.38. The summed E-state index contributed by atoms with van der Waals surface area (Å²) < 4.78 is 16.4. The van der Waals surface area contributed by atoms with Crippen LogP contribution in [0.15, 0.2) is 0 Å². The Hall–Kier alpha value is -1.75. The Morgan fingerprint density at radius 2 is 0.946 bits per heavy atom. The minimum atomic E-state index is -0.187. The molecule has 0 saturated heterocycles. The van der Waals surface area contributed by atoms with Crippen molar-refractivity contribution in [2.75, 3.05) is 68.7 Å². The fraction of sp³-hybridized carbons (Fsp3) is 0.889. The van der Waals surface area contributed by atoms with E-state index in [4.69, 9.17) is 24.9 Å². The van der Waals surface area contributed by atoms with E-state index in [0.29, 0.717) is 70.6 Å². The number of aromatic nitrogens is 3. The molecule has 1 aromatic heterocycles. The number of rotatable bonds is 18. The third-order valence-corrected chi connectivity index (χ3v) is 5.02. The second-order valence-corrected chi connectivity index (χ2v) is 13.4. The molecule has 0 radical (unpaired) electrons. The predicted molar refractivity (Wildman–Crippen MR) is 153 cm³/mol. The second kappa shape index (κ2) is 15.0. The molecule has 10 heteroatoms. The van der Waals surface area contributed by atoms with Gasteiger partial charge in [-0.15, -0.1) is 0 Å². The average molecular weight is 526 g/mol. The van der Waals surface area contributed by atoms with Crippen molar-refractivity contribution in [3.63, 3.8) is 0 Å². The molecule has 216 valence electrons. The van der Waals surface area contributed by atoms with Gasteiger partial charge in [-0.2, -0.15) is 15.0 Å². The van der Waals surface area contributed by atoms with Gasteiger partial charge in [0.15, 0.2) is 0 Å². The molecule has 0 fully saturated rings. The van der Waals surface area contributed by atoms with Gasteiger partial charge in [0.25, 0.3) is 0 Å². The minimum Gasteiger partial charge on any atom is -0.378 e. The van der Waals surface area contributed by atoms with Crippen LogP contribution in [0.4, 0.5) is 17.8 Å². The van der Waals surface area contributed by atoms with E-state index in [9.17, 15) is 0 Å². The van der Waals surface area contributed by atoms with Crippen molar-refractivity contribution < 1.29 is 14.2 Å². The molecule has 5 N–H and O–H groups in total. The summed E-state index contributed by atoms with van der Waals surface area (Å²) in [5, 5.41) is 10.3. The van der Waals surface area contributed by atoms with E-state index in [1.165, 1.54) is 0 Å². The monoisotopic (exact) mass is 525 g/mol. The summed E-state index contributed by atoms with van der Waals surface area (Å²) in [5.74, 6) is 1.61. The van der Waals surface area contributed by atoms with E-state index in [1.54, 1.807) is 0 Å². The lowest BCUT2D eigenvalue weighted by atomic mass is 9.82. The topological polar surface area (TPSA) is 128 Å². The first kappa shape index (κ1) is 33.3. The molecule has 0 saturated carbocycles. The van der Waals surface area contributed by atoms with Crippen LogP contribution in [-0.2, 0) is 14.2 Å². The van der Waals surface area contributed by atoms with Gasteiger partial charge < -0.3 is 35.9 Å². The molecular formula is C27H55N7O3. The molecule has 1 rings (SSSR count). The summed E-state index contributed by atoms with van der Waals surface area (Å²) in [7, 11) is 0. The van der Waals surface area contributed by atoms with Crippen LogP contribution in [0.1, 0.15) is 82.1 Å². The van der Waals surface area contributed by atoms with Gasteiger partial charge in [-0.25, -0.2) is 0 Å². The fourth-order valence-electron chi connectivity index (χ4n) is 4.77. The van der Waals surface area contributed by atoms with Gasteiger partial charge in [0.05, 0.1) is 39.6 Å². The lowest BCUT2D eigenvalue weighted by molar-refractivity contribution is 0.0179. The first-order valence-electron chi connectivity index (χ1n) is 13.5. The maximum absolute atomic E-state index is 5.66. The maximum atomic E-state index is 5.66. The van der Waals surface area contributed by atoms with Crippen LogP contribution >= 0.6 is 0 Å².